The average molecular weight is 330 g/mol. The normalized spacial score (nSPS) is 11.6. The van der Waals surface area contributed by atoms with Crippen molar-refractivity contribution >= 4 is 0 Å². The first-order chi connectivity index (χ1) is 12.3. The first-order valence-corrected chi connectivity index (χ1v) is 8.82. The molecule has 3 aromatic carbocycles. The molecule has 3 rings (SSSR count). The Morgan fingerprint density at radius 3 is 1.36 bits per heavy atom. The van der Waals surface area contributed by atoms with Gasteiger partial charge >= 0.3 is 0 Å². The van der Waals surface area contributed by atoms with E-state index in [9.17, 15) is 0 Å². The summed E-state index contributed by atoms with van der Waals surface area (Å²) in [4.78, 5) is 2.45. The largest absolute Gasteiger partial charge is 0.318 e. The fraction of sp³-hybridized carbons (Fsp3) is 0.217. The second kappa shape index (κ2) is 8.11. The van der Waals surface area contributed by atoms with Gasteiger partial charge in [-0.25, -0.2) is 0 Å². The predicted octanol–water partition coefficient (Wildman–Crippen LogP) is 4.13. The Labute approximate surface area is 151 Å². The maximum atomic E-state index is 3.28. The standard InChI is InChI=1S/C23H26N2/c1-24-18-19-25(2)23(20-12-6-3-7-13-20,21-14-8-4-9-15-21)22-16-10-5-11-17-22/h3-17,24H,18-19H2,1-2H3. The van der Waals surface area contributed by atoms with Crippen molar-refractivity contribution in [2.24, 2.45) is 0 Å². The lowest BCUT2D eigenvalue weighted by atomic mass is 9.76. The highest BCUT2D eigenvalue weighted by molar-refractivity contribution is 5.49. The van der Waals surface area contributed by atoms with Gasteiger partial charge in [0, 0.05) is 13.1 Å². The summed E-state index contributed by atoms with van der Waals surface area (Å²) in [5.41, 5.74) is 3.53. The highest BCUT2D eigenvalue weighted by Gasteiger charge is 2.39. The van der Waals surface area contributed by atoms with Crippen molar-refractivity contribution in [1.29, 1.82) is 0 Å². The zero-order valence-corrected chi connectivity index (χ0v) is 15.0. The number of hydrogen-bond acceptors (Lipinski definition) is 2. The van der Waals surface area contributed by atoms with Crippen molar-refractivity contribution in [2.45, 2.75) is 5.54 Å². The summed E-state index contributed by atoms with van der Waals surface area (Å²) >= 11 is 0. The summed E-state index contributed by atoms with van der Waals surface area (Å²) in [5.74, 6) is 0. The van der Waals surface area contributed by atoms with E-state index in [0.29, 0.717) is 0 Å². The molecular formula is C23H26N2. The van der Waals surface area contributed by atoms with Crippen LogP contribution in [0.4, 0.5) is 0 Å². The first-order valence-electron chi connectivity index (χ1n) is 8.82. The van der Waals surface area contributed by atoms with Gasteiger partial charge in [0.25, 0.3) is 0 Å². The van der Waals surface area contributed by atoms with Crippen molar-refractivity contribution in [2.75, 3.05) is 27.2 Å². The molecule has 0 amide bonds. The molecule has 0 spiro atoms. The summed E-state index contributed by atoms with van der Waals surface area (Å²) < 4.78 is 0. The molecule has 0 aliphatic rings. The van der Waals surface area contributed by atoms with Crippen molar-refractivity contribution in [3.8, 4) is 0 Å². The van der Waals surface area contributed by atoms with Crippen LogP contribution in [0.15, 0.2) is 91.0 Å². The molecular weight excluding hydrogens is 304 g/mol. The summed E-state index contributed by atoms with van der Waals surface area (Å²) in [6.45, 7) is 1.87. The summed E-state index contributed by atoms with van der Waals surface area (Å²) in [7, 11) is 4.22. The summed E-state index contributed by atoms with van der Waals surface area (Å²) in [6.07, 6.45) is 0. The predicted molar refractivity (Wildman–Crippen MR) is 106 cm³/mol. The topological polar surface area (TPSA) is 15.3 Å². The van der Waals surface area contributed by atoms with E-state index in [1.54, 1.807) is 0 Å². The van der Waals surface area contributed by atoms with Crippen LogP contribution in [0.2, 0.25) is 0 Å². The SMILES string of the molecule is CNCCN(C)C(c1ccccc1)(c1ccccc1)c1ccccc1. The van der Waals surface area contributed by atoms with Crippen LogP contribution in [-0.4, -0.2) is 32.1 Å². The van der Waals surface area contributed by atoms with Crippen LogP contribution in [0.3, 0.4) is 0 Å². The van der Waals surface area contributed by atoms with Crippen molar-refractivity contribution in [3.63, 3.8) is 0 Å². The van der Waals surface area contributed by atoms with Gasteiger partial charge in [-0.2, -0.15) is 0 Å². The zero-order chi connectivity index (χ0) is 17.5. The quantitative estimate of drug-likeness (QED) is 0.655. The van der Waals surface area contributed by atoms with Gasteiger partial charge in [0.05, 0.1) is 5.54 Å². The number of rotatable bonds is 7. The number of benzene rings is 3. The smallest absolute Gasteiger partial charge is 0.0970 e. The molecule has 1 N–H and O–H groups in total. The van der Waals surface area contributed by atoms with E-state index in [-0.39, 0.29) is 5.54 Å². The fourth-order valence-electron chi connectivity index (χ4n) is 3.65. The van der Waals surface area contributed by atoms with Crippen LogP contribution in [0, 0.1) is 0 Å². The Morgan fingerprint density at radius 2 is 1.04 bits per heavy atom. The van der Waals surface area contributed by atoms with Gasteiger partial charge in [-0.15, -0.1) is 0 Å². The second-order valence-electron chi connectivity index (χ2n) is 6.33. The van der Waals surface area contributed by atoms with Gasteiger partial charge in [-0.1, -0.05) is 91.0 Å². The third-order valence-corrected chi connectivity index (χ3v) is 4.84. The average Bonchev–Trinajstić information content (AvgIpc) is 2.69. The molecule has 0 aliphatic carbocycles. The fourth-order valence-corrected chi connectivity index (χ4v) is 3.65. The molecule has 0 atom stereocenters. The zero-order valence-electron chi connectivity index (χ0n) is 15.0. The Kier molecular flexibility index (Phi) is 5.64. The molecule has 0 aromatic heterocycles. The third-order valence-electron chi connectivity index (χ3n) is 4.84. The Bertz CT molecular complexity index is 657. The monoisotopic (exact) mass is 330 g/mol. The van der Waals surface area contributed by atoms with E-state index in [4.69, 9.17) is 0 Å². The highest BCUT2D eigenvalue weighted by Crippen LogP contribution is 2.41. The van der Waals surface area contributed by atoms with E-state index in [1.807, 2.05) is 7.05 Å². The maximum Gasteiger partial charge on any atom is 0.0970 e. The molecule has 25 heavy (non-hydrogen) atoms. The van der Waals surface area contributed by atoms with Gasteiger partial charge in [0.15, 0.2) is 0 Å². The Balaban J connectivity index is 2.28. The molecule has 0 unspecified atom stereocenters. The second-order valence-corrected chi connectivity index (χ2v) is 6.33. The first kappa shape index (κ1) is 17.4. The van der Waals surface area contributed by atoms with Gasteiger partial charge in [0.2, 0.25) is 0 Å². The number of likely N-dealkylation sites (N-methyl/N-ethyl adjacent to an activating group) is 2. The lowest BCUT2D eigenvalue weighted by Crippen LogP contribution is -2.48. The Morgan fingerprint density at radius 1 is 0.680 bits per heavy atom. The molecule has 128 valence electrons. The van der Waals surface area contributed by atoms with Crippen LogP contribution in [0.25, 0.3) is 0 Å². The third kappa shape index (κ3) is 3.37. The lowest BCUT2D eigenvalue weighted by molar-refractivity contribution is 0.201. The maximum absolute atomic E-state index is 3.28. The number of nitrogens with zero attached hydrogens (tertiary/aromatic N) is 1. The van der Waals surface area contributed by atoms with Gasteiger partial charge in [0.1, 0.15) is 0 Å². The van der Waals surface area contributed by atoms with Gasteiger partial charge in [-0.05, 0) is 30.8 Å². The minimum atomic E-state index is -0.319. The van der Waals surface area contributed by atoms with E-state index < -0.39 is 0 Å². The van der Waals surface area contributed by atoms with Crippen LogP contribution < -0.4 is 5.32 Å². The molecule has 0 saturated heterocycles. The van der Waals surface area contributed by atoms with E-state index in [2.05, 4.69) is 108 Å². The molecule has 2 heteroatoms. The molecule has 3 aromatic rings. The molecule has 0 radical (unpaired) electrons. The molecule has 0 fully saturated rings. The molecule has 2 nitrogen and oxygen atoms in total. The van der Waals surface area contributed by atoms with Gasteiger partial charge in [-0.3, -0.25) is 4.90 Å². The van der Waals surface area contributed by atoms with Crippen LogP contribution in [0.1, 0.15) is 16.7 Å². The highest BCUT2D eigenvalue weighted by atomic mass is 15.2. The molecule has 0 aliphatic heterocycles. The van der Waals surface area contributed by atoms with E-state index >= 15 is 0 Å². The minimum absolute atomic E-state index is 0.319. The van der Waals surface area contributed by atoms with Crippen LogP contribution >= 0.6 is 0 Å². The number of hydrogen-bond donors (Lipinski definition) is 1. The molecule has 0 bridgehead atoms. The summed E-state index contributed by atoms with van der Waals surface area (Å²) in [5, 5.41) is 3.28. The molecule has 0 saturated carbocycles. The van der Waals surface area contributed by atoms with Crippen molar-refractivity contribution in [1.82, 2.24) is 10.2 Å². The van der Waals surface area contributed by atoms with Crippen LogP contribution in [-0.2, 0) is 5.54 Å². The Hall–Kier alpha value is -2.42. The van der Waals surface area contributed by atoms with Crippen molar-refractivity contribution < 1.29 is 0 Å². The number of nitrogens with one attached hydrogen (secondary N) is 1. The minimum Gasteiger partial charge on any atom is -0.318 e. The van der Waals surface area contributed by atoms with E-state index in [1.165, 1.54) is 16.7 Å². The summed E-state index contributed by atoms with van der Waals surface area (Å²) in [6, 6.07) is 32.4. The van der Waals surface area contributed by atoms with Crippen LogP contribution in [0.5, 0.6) is 0 Å². The van der Waals surface area contributed by atoms with E-state index in [0.717, 1.165) is 13.1 Å². The molecule has 0 heterocycles. The van der Waals surface area contributed by atoms with Gasteiger partial charge < -0.3 is 5.32 Å². The lowest BCUT2D eigenvalue weighted by Gasteiger charge is -2.44. The van der Waals surface area contributed by atoms with Crippen molar-refractivity contribution in [3.05, 3.63) is 108 Å².